The summed E-state index contributed by atoms with van der Waals surface area (Å²) in [5.41, 5.74) is 1.34. The van der Waals surface area contributed by atoms with Gasteiger partial charge >= 0.3 is 0 Å². The maximum Gasteiger partial charge on any atom is 0.265 e. The van der Waals surface area contributed by atoms with Gasteiger partial charge in [-0.15, -0.1) is 0 Å². The molecule has 106 valence electrons. The van der Waals surface area contributed by atoms with Crippen LogP contribution in [0.4, 0.5) is 5.69 Å². The smallest absolute Gasteiger partial charge is 0.265 e. The van der Waals surface area contributed by atoms with E-state index < -0.39 is 10.0 Å². The van der Waals surface area contributed by atoms with Crippen LogP contribution in [-0.4, -0.2) is 15.5 Å². The molecule has 2 rings (SSSR count). The summed E-state index contributed by atoms with van der Waals surface area (Å²) in [6.45, 7) is 1.83. The van der Waals surface area contributed by atoms with Crippen LogP contribution in [0.3, 0.4) is 0 Å². The Morgan fingerprint density at radius 1 is 1.15 bits per heavy atom. The molecular formula is C14H14BrNO3S. The van der Waals surface area contributed by atoms with Crippen LogP contribution >= 0.6 is 15.9 Å². The first-order valence-electron chi connectivity index (χ1n) is 5.85. The summed E-state index contributed by atoms with van der Waals surface area (Å²) in [5.74, 6) is 0.318. The number of nitrogens with one attached hydrogen (secondary N) is 1. The summed E-state index contributed by atoms with van der Waals surface area (Å²) in [6.07, 6.45) is 0. The van der Waals surface area contributed by atoms with Crippen LogP contribution in [0.5, 0.6) is 5.75 Å². The number of benzene rings is 2. The van der Waals surface area contributed by atoms with Gasteiger partial charge in [-0.1, -0.05) is 28.1 Å². The van der Waals surface area contributed by atoms with E-state index in [4.69, 9.17) is 4.74 Å². The minimum atomic E-state index is -3.69. The number of rotatable bonds is 4. The Bertz CT molecular complexity index is 729. The monoisotopic (exact) mass is 355 g/mol. The number of anilines is 1. The van der Waals surface area contributed by atoms with E-state index in [9.17, 15) is 8.42 Å². The molecule has 6 heteroatoms. The van der Waals surface area contributed by atoms with Crippen LogP contribution in [0.1, 0.15) is 5.56 Å². The van der Waals surface area contributed by atoms with Gasteiger partial charge in [0, 0.05) is 10.2 Å². The average molecular weight is 356 g/mol. The van der Waals surface area contributed by atoms with Crippen LogP contribution in [0.15, 0.2) is 51.8 Å². The third-order valence-electron chi connectivity index (χ3n) is 2.69. The highest BCUT2D eigenvalue weighted by molar-refractivity contribution is 9.10. The SMILES string of the molecule is COc1ccc(C)cc1S(=O)(=O)Nc1cccc(Br)c1. The number of hydrogen-bond donors (Lipinski definition) is 1. The van der Waals surface area contributed by atoms with E-state index in [1.807, 2.05) is 13.0 Å². The van der Waals surface area contributed by atoms with E-state index in [1.165, 1.54) is 7.11 Å². The molecule has 0 saturated carbocycles. The van der Waals surface area contributed by atoms with Gasteiger partial charge in [-0.2, -0.15) is 0 Å². The topological polar surface area (TPSA) is 55.4 Å². The number of methoxy groups -OCH3 is 1. The summed E-state index contributed by atoms with van der Waals surface area (Å²) in [5, 5.41) is 0. The Kier molecular flexibility index (Phi) is 4.35. The van der Waals surface area contributed by atoms with Gasteiger partial charge in [0.25, 0.3) is 10.0 Å². The van der Waals surface area contributed by atoms with Gasteiger partial charge in [0.1, 0.15) is 10.6 Å². The number of ether oxygens (including phenoxy) is 1. The lowest BCUT2D eigenvalue weighted by Crippen LogP contribution is -2.14. The van der Waals surface area contributed by atoms with Crippen molar-refractivity contribution in [1.29, 1.82) is 0 Å². The van der Waals surface area contributed by atoms with E-state index in [-0.39, 0.29) is 4.90 Å². The van der Waals surface area contributed by atoms with Crippen molar-refractivity contribution in [1.82, 2.24) is 0 Å². The molecule has 1 N–H and O–H groups in total. The number of hydrogen-bond acceptors (Lipinski definition) is 3. The Morgan fingerprint density at radius 3 is 2.55 bits per heavy atom. The molecule has 0 spiro atoms. The van der Waals surface area contributed by atoms with Gasteiger partial charge in [0.2, 0.25) is 0 Å². The van der Waals surface area contributed by atoms with Gasteiger partial charge in [-0.05, 0) is 42.8 Å². The molecule has 0 aliphatic rings. The molecule has 0 bridgehead atoms. The number of aryl methyl sites for hydroxylation is 1. The lowest BCUT2D eigenvalue weighted by atomic mass is 10.2. The van der Waals surface area contributed by atoms with Crippen LogP contribution in [0.2, 0.25) is 0 Å². The summed E-state index contributed by atoms with van der Waals surface area (Å²) in [7, 11) is -2.24. The zero-order valence-electron chi connectivity index (χ0n) is 11.1. The third kappa shape index (κ3) is 3.32. The first kappa shape index (κ1) is 14.9. The fourth-order valence-electron chi connectivity index (χ4n) is 1.76. The molecule has 4 nitrogen and oxygen atoms in total. The maximum atomic E-state index is 12.4. The first-order chi connectivity index (χ1) is 9.42. The summed E-state index contributed by atoms with van der Waals surface area (Å²) in [4.78, 5) is 0.125. The van der Waals surface area contributed by atoms with Crippen molar-refractivity contribution < 1.29 is 13.2 Å². The minimum Gasteiger partial charge on any atom is -0.495 e. The van der Waals surface area contributed by atoms with E-state index in [2.05, 4.69) is 20.7 Å². The van der Waals surface area contributed by atoms with Gasteiger partial charge < -0.3 is 4.74 Å². The number of sulfonamides is 1. The Labute approximate surface area is 127 Å². The van der Waals surface area contributed by atoms with Gasteiger partial charge in [-0.3, -0.25) is 4.72 Å². The highest BCUT2D eigenvalue weighted by Crippen LogP contribution is 2.27. The zero-order valence-corrected chi connectivity index (χ0v) is 13.5. The highest BCUT2D eigenvalue weighted by Gasteiger charge is 2.19. The van der Waals surface area contributed by atoms with Crippen molar-refractivity contribution in [2.45, 2.75) is 11.8 Å². The molecule has 2 aromatic carbocycles. The van der Waals surface area contributed by atoms with Crippen molar-refractivity contribution in [2.75, 3.05) is 11.8 Å². The summed E-state index contributed by atoms with van der Waals surface area (Å²) >= 11 is 3.31. The highest BCUT2D eigenvalue weighted by atomic mass is 79.9. The minimum absolute atomic E-state index is 0.125. The van der Waals surface area contributed by atoms with Crippen LogP contribution in [0.25, 0.3) is 0 Å². The standard InChI is InChI=1S/C14H14BrNO3S/c1-10-6-7-13(19-2)14(8-10)20(17,18)16-12-5-3-4-11(15)9-12/h3-9,16H,1-2H3. The van der Waals surface area contributed by atoms with Crippen LogP contribution in [-0.2, 0) is 10.0 Å². The molecule has 0 radical (unpaired) electrons. The van der Waals surface area contributed by atoms with Crippen molar-refractivity contribution in [3.05, 3.63) is 52.5 Å². The largest absolute Gasteiger partial charge is 0.495 e. The van der Waals surface area contributed by atoms with E-state index in [0.717, 1.165) is 10.0 Å². The predicted molar refractivity (Wildman–Crippen MR) is 82.7 cm³/mol. The molecule has 0 aliphatic carbocycles. The van der Waals surface area contributed by atoms with Crippen molar-refractivity contribution in [2.24, 2.45) is 0 Å². The Balaban J connectivity index is 2.43. The lowest BCUT2D eigenvalue weighted by Gasteiger charge is -2.12. The molecule has 2 aromatic rings. The average Bonchev–Trinajstić information content (AvgIpc) is 2.38. The maximum absolute atomic E-state index is 12.4. The molecule has 0 amide bonds. The first-order valence-corrected chi connectivity index (χ1v) is 8.13. The quantitative estimate of drug-likeness (QED) is 0.911. The zero-order chi connectivity index (χ0) is 14.8. The molecule has 0 aliphatic heterocycles. The van der Waals surface area contributed by atoms with Gasteiger partial charge in [-0.25, -0.2) is 8.42 Å². The lowest BCUT2D eigenvalue weighted by molar-refractivity contribution is 0.402. The third-order valence-corrected chi connectivity index (χ3v) is 4.58. The molecule has 20 heavy (non-hydrogen) atoms. The fraction of sp³-hybridized carbons (Fsp3) is 0.143. The molecule has 0 fully saturated rings. The summed E-state index contributed by atoms with van der Waals surface area (Å²) in [6, 6.07) is 12.0. The molecule has 0 aromatic heterocycles. The second-order valence-electron chi connectivity index (χ2n) is 4.27. The molecule has 0 unspecified atom stereocenters. The molecule has 0 heterocycles. The number of halogens is 1. The van der Waals surface area contributed by atoms with Crippen molar-refractivity contribution in [3.63, 3.8) is 0 Å². The van der Waals surface area contributed by atoms with Crippen molar-refractivity contribution in [3.8, 4) is 5.75 Å². The van der Waals surface area contributed by atoms with Gasteiger partial charge in [0.15, 0.2) is 0 Å². The molecule has 0 atom stereocenters. The normalized spacial score (nSPS) is 11.2. The van der Waals surface area contributed by atoms with E-state index in [1.54, 1.807) is 36.4 Å². The van der Waals surface area contributed by atoms with E-state index in [0.29, 0.717) is 11.4 Å². The fourth-order valence-corrected chi connectivity index (χ4v) is 3.46. The predicted octanol–water partition coefficient (Wildman–Crippen LogP) is 3.57. The second-order valence-corrected chi connectivity index (χ2v) is 6.84. The van der Waals surface area contributed by atoms with E-state index >= 15 is 0 Å². The Hall–Kier alpha value is -1.53. The molecular weight excluding hydrogens is 342 g/mol. The van der Waals surface area contributed by atoms with Crippen molar-refractivity contribution >= 4 is 31.6 Å². The second kappa shape index (κ2) is 5.85. The summed E-state index contributed by atoms with van der Waals surface area (Å²) < 4.78 is 33.3. The van der Waals surface area contributed by atoms with Gasteiger partial charge in [0.05, 0.1) is 7.11 Å². The van der Waals surface area contributed by atoms with Crippen LogP contribution in [0, 0.1) is 6.92 Å². The molecule has 0 saturated heterocycles. The Morgan fingerprint density at radius 2 is 1.90 bits per heavy atom. The van der Waals surface area contributed by atoms with Crippen LogP contribution < -0.4 is 9.46 Å².